The zero-order valence-corrected chi connectivity index (χ0v) is 8.76. The lowest BCUT2D eigenvalue weighted by Gasteiger charge is -2.27. The third-order valence-electron chi connectivity index (χ3n) is 2.78. The molecule has 1 rings (SSSR count). The minimum absolute atomic E-state index is 0.419. The van der Waals surface area contributed by atoms with Gasteiger partial charge in [0.05, 0.1) is 0 Å². The Morgan fingerprint density at radius 3 is 2.69 bits per heavy atom. The Morgan fingerprint density at radius 1 is 1.38 bits per heavy atom. The van der Waals surface area contributed by atoms with Gasteiger partial charge in [-0.2, -0.15) is 0 Å². The highest BCUT2D eigenvalue weighted by atomic mass is 15.2. The van der Waals surface area contributed by atoms with Crippen molar-refractivity contribution in [2.24, 2.45) is 5.73 Å². The quantitative estimate of drug-likeness (QED) is 0.652. The van der Waals surface area contributed by atoms with E-state index in [1.807, 2.05) is 0 Å². The van der Waals surface area contributed by atoms with E-state index in [2.05, 4.69) is 17.1 Å². The van der Waals surface area contributed by atoms with E-state index in [1.54, 1.807) is 0 Å². The standard InChI is InChI=1S/C10H23N3/c1-2-10(11)4-3-7-13-8-5-12-6-9-13/h10,12H,2-9,11H2,1H3. The number of piperazine rings is 1. The highest BCUT2D eigenvalue weighted by Crippen LogP contribution is 2.01. The first-order valence-corrected chi connectivity index (χ1v) is 5.51. The van der Waals surface area contributed by atoms with Crippen molar-refractivity contribution < 1.29 is 0 Å². The first kappa shape index (κ1) is 11.0. The molecule has 1 unspecified atom stereocenters. The summed E-state index contributed by atoms with van der Waals surface area (Å²) in [5, 5.41) is 3.36. The van der Waals surface area contributed by atoms with Gasteiger partial charge in [0.25, 0.3) is 0 Å². The molecule has 1 aliphatic heterocycles. The lowest BCUT2D eigenvalue weighted by Crippen LogP contribution is -2.43. The van der Waals surface area contributed by atoms with E-state index in [4.69, 9.17) is 5.73 Å². The predicted octanol–water partition coefficient (Wildman–Crippen LogP) is 0.409. The minimum Gasteiger partial charge on any atom is -0.328 e. The Labute approximate surface area is 81.7 Å². The van der Waals surface area contributed by atoms with Gasteiger partial charge in [-0.05, 0) is 25.8 Å². The van der Waals surface area contributed by atoms with Crippen LogP contribution in [0.5, 0.6) is 0 Å². The van der Waals surface area contributed by atoms with Gasteiger partial charge in [0.15, 0.2) is 0 Å². The molecule has 1 heterocycles. The molecule has 3 heteroatoms. The van der Waals surface area contributed by atoms with Gasteiger partial charge in [0.1, 0.15) is 0 Å². The van der Waals surface area contributed by atoms with Crippen molar-refractivity contribution in [1.82, 2.24) is 10.2 Å². The molecule has 1 fully saturated rings. The van der Waals surface area contributed by atoms with Crippen LogP contribution in [0.3, 0.4) is 0 Å². The zero-order valence-electron chi connectivity index (χ0n) is 8.76. The maximum absolute atomic E-state index is 5.86. The van der Waals surface area contributed by atoms with E-state index in [1.165, 1.54) is 32.5 Å². The molecule has 0 spiro atoms. The number of nitrogens with zero attached hydrogens (tertiary/aromatic N) is 1. The zero-order chi connectivity index (χ0) is 9.52. The number of nitrogens with one attached hydrogen (secondary N) is 1. The maximum Gasteiger partial charge on any atom is 0.0107 e. The van der Waals surface area contributed by atoms with Crippen LogP contribution in [0.1, 0.15) is 26.2 Å². The molecule has 0 radical (unpaired) electrons. The highest BCUT2D eigenvalue weighted by Gasteiger charge is 2.08. The lowest BCUT2D eigenvalue weighted by molar-refractivity contribution is 0.234. The summed E-state index contributed by atoms with van der Waals surface area (Å²) < 4.78 is 0. The first-order valence-electron chi connectivity index (χ1n) is 5.51. The molecule has 0 aromatic carbocycles. The summed E-state index contributed by atoms with van der Waals surface area (Å²) >= 11 is 0. The molecule has 0 aromatic rings. The number of rotatable bonds is 5. The van der Waals surface area contributed by atoms with Crippen LogP contribution in [-0.4, -0.2) is 43.7 Å². The summed E-state index contributed by atoms with van der Waals surface area (Å²) in [5.74, 6) is 0. The lowest BCUT2D eigenvalue weighted by atomic mass is 10.1. The van der Waals surface area contributed by atoms with Gasteiger partial charge in [-0.1, -0.05) is 6.92 Å². The molecule has 13 heavy (non-hydrogen) atoms. The Hall–Kier alpha value is -0.120. The summed E-state index contributed by atoms with van der Waals surface area (Å²) in [7, 11) is 0. The molecule has 0 amide bonds. The molecular weight excluding hydrogens is 162 g/mol. The van der Waals surface area contributed by atoms with E-state index >= 15 is 0 Å². The van der Waals surface area contributed by atoms with Gasteiger partial charge in [-0.15, -0.1) is 0 Å². The van der Waals surface area contributed by atoms with Gasteiger partial charge in [0, 0.05) is 32.2 Å². The van der Waals surface area contributed by atoms with Gasteiger partial charge >= 0.3 is 0 Å². The summed E-state index contributed by atoms with van der Waals surface area (Å²) in [6, 6.07) is 0.419. The number of hydrogen-bond donors (Lipinski definition) is 2. The molecule has 1 aliphatic rings. The van der Waals surface area contributed by atoms with Crippen LogP contribution in [-0.2, 0) is 0 Å². The third-order valence-corrected chi connectivity index (χ3v) is 2.78. The Balaban J connectivity index is 1.98. The van der Waals surface area contributed by atoms with Crippen molar-refractivity contribution in [2.45, 2.75) is 32.2 Å². The van der Waals surface area contributed by atoms with Gasteiger partial charge in [-0.3, -0.25) is 0 Å². The highest BCUT2D eigenvalue weighted by molar-refractivity contribution is 4.68. The SMILES string of the molecule is CCC(N)CCCN1CCNCC1. The van der Waals surface area contributed by atoms with Crippen LogP contribution in [0.15, 0.2) is 0 Å². The van der Waals surface area contributed by atoms with Crippen LogP contribution in [0.25, 0.3) is 0 Å². The fourth-order valence-electron chi connectivity index (χ4n) is 1.72. The maximum atomic E-state index is 5.86. The predicted molar refractivity (Wildman–Crippen MR) is 56.8 cm³/mol. The Bertz CT molecular complexity index is 121. The second-order valence-electron chi connectivity index (χ2n) is 3.90. The fraction of sp³-hybridized carbons (Fsp3) is 1.00. The third kappa shape index (κ3) is 4.60. The summed E-state index contributed by atoms with van der Waals surface area (Å²) in [5.41, 5.74) is 5.86. The number of nitrogens with two attached hydrogens (primary N) is 1. The van der Waals surface area contributed by atoms with E-state index in [-0.39, 0.29) is 0 Å². The minimum atomic E-state index is 0.419. The molecule has 1 atom stereocenters. The molecule has 3 nitrogen and oxygen atoms in total. The van der Waals surface area contributed by atoms with Crippen molar-refractivity contribution in [3.63, 3.8) is 0 Å². The molecule has 1 saturated heterocycles. The summed E-state index contributed by atoms with van der Waals surface area (Å²) in [4.78, 5) is 2.53. The van der Waals surface area contributed by atoms with Crippen molar-refractivity contribution in [1.29, 1.82) is 0 Å². The van der Waals surface area contributed by atoms with Crippen molar-refractivity contribution in [3.05, 3.63) is 0 Å². The topological polar surface area (TPSA) is 41.3 Å². The van der Waals surface area contributed by atoms with Gasteiger partial charge in [-0.25, -0.2) is 0 Å². The van der Waals surface area contributed by atoms with Crippen molar-refractivity contribution in [3.8, 4) is 0 Å². The monoisotopic (exact) mass is 185 g/mol. The van der Waals surface area contributed by atoms with Gasteiger partial charge < -0.3 is 16.0 Å². The molecule has 0 saturated carbocycles. The number of hydrogen-bond acceptors (Lipinski definition) is 3. The summed E-state index contributed by atoms with van der Waals surface area (Å²) in [6.45, 7) is 8.12. The first-order chi connectivity index (χ1) is 6.33. The molecular formula is C10H23N3. The van der Waals surface area contributed by atoms with Crippen LogP contribution in [0.4, 0.5) is 0 Å². The average molecular weight is 185 g/mol. The fourth-order valence-corrected chi connectivity index (χ4v) is 1.72. The molecule has 3 N–H and O–H groups in total. The van der Waals surface area contributed by atoms with Crippen LogP contribution < -0.4 is 11.1 Å². The normalized spacial score (nSPS) is 21.7. The van der Waals surface area contributed by atoms with E-state index < -0.39 is 0 Å². The smallest absolute Gasteiger partial charge is 0.0107 e. The second-order valence-corrected chi connectivity index (χ2v) is 3.90. The van der Waals surface area contributed by atoms with Crippen molar-refractivity contribution in [2.75, 3.05) is 32.7 Å². The van der Waals surface area contributed by atoms with E-state index in [0.717, 1.165) is 19.5 Å². The van der Waals surface area contributed by atoms with Crippen molar-refractivity contribution >= 4 is 0 Å². The average Bonchev–Trinajstić information content (AvgIpc) is 2.19. The molecule has 0 aromatic heterocycles. The second kappa shape index (κ2) is 6.35. The Kier molecular flexibility index (Phi) is 5.35. The Morgan fingerprint density at radius 2 is 2.08 bits per heavy atom. The van der Waals surface area contributed by atoms with Crippen LogP contribution in [0.2, 0.25) is 0 Å². The van der Waals surface area contributed by atoms with E-state index in [0.29, 0.717) is 6.04 Å². The molecule has 0 aliphatic carbocycles. The van der Waals surface area contributed by atoms with Crippen LogP contribution >= 0.6 is 0 Å². The summed E-state index contributed by atoms with van der Waals surface area (Å²) in [6.07, 6.45) is 3.55. The largest absolute Gasteiger partial charge is 0.328 e. The van der Waals surface area contributed by atoms with Crippen LogP contribution in [0, 0.1) is 0 Å². The molecule has 78 valence electrons. The van der Waals surface area contributed by atoms with E-state index in [9.17, 15) is 0 Å². The molecule has 0 bridgehead atoms. The van der Waals surface area contributed by atoms with Gasteiger partial charge in [0.2, 0.25) is 0 Å².